The molecule has 0 fully saturated rings. The highest BCUT2D eigenvalue weighted by molar-refractivity contribution is 6.31. The lowest BCUT2D eigenvalue weighted by Crippen LogP contribution is -2.09. The van der Waals surface area contributed by atoms with E-state index in [4.69, 9.17) is 26.3 Å². The van der Waals surface area contributed by atoms with Crippen LogP contribution >= 0.6 is 11.6 Å². The van der Waals surface area contributed by atoms with E-state index in [1.807, 2.05) is 0 Å². The summed E-state index contributed by atoms with van der Waals surface area (Å²) in [6, 6.07) is -2.13. The van der Waals surface area contributed by atoms with E-state index in [1.165, 1.54) is 6.92 Å². The number of aliphatic imine (C=N–C) groups is 1. The second-order valence-corrected chi connectivity index (χ2v) is 4.57. The summed E-state index contributed by atoms with van der Waals surface area (Å²) < 4.78 is 54.4. The monoisotopic (exact) mass is 326 g/mol. The van der Waals surface area contributed by atoms with Gasteiger partial charge < -0.3 is 10.2 Å². The Hall–Kier alpha value is -2.40. The van der Waals surface area contributed by atoms with Gasteiger partial charge >= 0.3 is 5.97 Å². The van der Waals surface area contributed by atoms with Crippen molar-refractivity contribution in [3.05, 3.63) is 51.8 Å². The summed E-state index contributed by atoms with van der Waals surface area (Å²) >= 11 is 5.88. The predicted octanol–water partition coefficient (Wildman–Crippen LogP) is 3.32. The van der Waals surface area contributed by atoms with Gasteiger partial charge in [-0.3, -0.25) is 9.59 Å². The summed E-state index contributed by atoms with van der Waals surface area (Å²) in [4.78, 5) is 27.0. The zero-order chi connectivity index (χ0) is 22.4. The molecule has 6 heteroatoms. The van der Waals surface area contributed by atoms with E-state index in [2.05, 4.69) is 4.99 Å². The Labute approximate surface area is 142 Å². The summed E-state index contributed by atoms with van der Waals surface area (Å²) in [6.45, 7) is 1.35. The number of carboxylic acids is 1. The number of aliphatic carboxylic acids is 1. The lowest BCUT2D eigenvalue weighted by Gasteiger charge is -2.12. The van der Waals surface area contributed by atoms with Crippen LogP contribution in [0.25, 0.3) is 5.57 Å². The Bertz CT molecular complexity index is 1020. The Morgan fingerprint density at radius 3 is 2.86 bits per heavy atom. The molecule has 1 aliphatic heterocycles. The quantitative estimate of drug-likeness (QED) is 0.656. The predicted molar refractivity (Wildman–Crippen MR) is 84.2 cm³/mol. The van der Waals surface area contributed by atoms with Gasteiger partial charge in [-0.25, -0.2) is 4.99 Å². The van der Waals surface area contributed by atoms with Gasteiger partial charge in [-0.05, 0) is 36.2 Å². The number of carbonyl (C=O) groups is 2. The number of nitrogens with zero attached hydrogens (tertiary/aromatic N) is 1. The third-order valence-corrected chi connectivity index (χ3v) is 2.82. The van der Waals surface area contributed by atoms with Gasteiger partial charge in [-0.15, -0.1) is 0 Å². The number of rotatable bonds is 4. The molecule has 0 atom stereocenters. The molecule has 0 bridgehead atoms. The van der Waals surface area contributed by atoms with Crippen LogP contribution in [0.4, 0.5) is 0 Å². The van der Waals surface area contributed by atoms with E-state index >= 15 is 0 Å². The molecule has 0 aromatic heterocycles. The fourth-order valence-corrected chi connectivity index (χ4v) is 1.76. The molecule has 2 rings (SSSR count). The normalized spacial score (nSPS) is 22.5. The average molecular weight is 327 g/mol. The molecule has 0 unspecified atom stereocenters. The topological polar surface area (TPSA) is 87.0 Å². The number of allylic oxidation sites excluding steroid dienone is 3. The smallest absolute Gasteiger partial charge is 0.303 e. The maximum Gasteiger partial charge on any atom is 0.303 e. The maximum atomic E-state index is 12.5. The SMILES string of the molecule is [2H]C1=NC(=C(O)CC([2H])([2H])C(=O)O)C(=O)C([2H])=C1c1c([2H])c(Cl)c([2H])c([2H])c1C. The zero-order valence-electron chi connectivity index (χ0n) is 18.2. The van der Waals surface area contributed by atoms with Crippen LogP contribution in [0.3, 0.4) is 0 Å². The number of halogens is 1. The molecular weight excluding hydrogens is 306 g/mol. The van der Waals surface area contributed by atoms with E-state index in [0.29, 0.717) is 0 Å². The lowest BCUT2D eigenvalue weighted by atomic mass is 9.98. The number of carbonyl (C=O) groups excluding carboxylic acids is 1. The van der Waals surface area contributed by atoms with Gasteiger partial charge in [0.25, 0.3) is 0 Å². The van der Waals surface area contributed by atoms with Crippen LogP contribution in [0.5, 0.6) is 0 Å². The van der Waals surface area contributed by atoms with Crippen molar-refractivity contribution in [1.29, 1.82) is 0 Å². The molecule has 0 saturated heterocycles. The Morgan fingerprint density at radius 1 is 1.45 bits per heavy atom. The fourth-order valence-electron chi connectivity index (χ4n) is 1.62. The van der Waals surface area contributed by atoms with Crippen LogP contribution in [0.1, 0.15) is 33.5 Å². The lowest BCUT2D eigenvalue weighted by molar-refractivity contribution is -0.137. The minimum Gasteiger partial charge on any atom is -0.510 e. The number of aliphatic hydroxyl groups excluding tert-OH is 1. The molecule has 1 aromatic rings. The van der Waals surface area contributed by atoms with Crippen molar-refractivity contribution in [2.24, 2.45) is 4.99 Å². The first-order chi connectivity index (χ1) is 13.2. The molecule has 2 N–H and O–H groups in total. The van der Waals surface area contributed by atoms with Gasteiger partial charge in [0.2, 0.25) is 5.78 Å². The fraction of sp³-hybridized carbons (Fsp3) is 0.188. The van der Waals surface area contributed by atoms with Gasteiger partial charge in [0.05, 0.1) is 13.2 Å². The van der Waals surface area contributed by atoms with Gasteiger partial charge in [-0.1, -0.05) is 17.6 Å². The van der Waals surface area contributed by atoms with E-state index in [1.54, 1.807) is 0 Å². The largest absolute Gasteiger partial charge is 0.510 e. The maximum absolute atomic E-state index is 12.5. The number of aliphatic hydroxyl groups is 1. The summed E-state index contributed by atoms with van der Waals surface area (Å²) in [5, 5.41) is 18.4. The molecule has 0 spiro atoms. The van der Waals surface area contributed by atoms with Crippen molar-refractivity contribution >= 4 is 35.1 Å². The van der Waals surface area contributed by atoms with Gasteiger partial charge in [0.1, 0.15) is 11.5 Å². The number of hydrogen-bond donors (Lipinski definition) is 2. The van der Waals surface area contributed by atoms with E-state index < -0.39 is 70.9 Å². The standard InChI is InChI=1S/C16H14ClNO4/c1-9-2-3-11(17)7-12(9)10-6-14(20)16(18-8-10)13(19)4-5-15(21)22/h2-3,6-8,19H,4-5H2,1H3,(H,21,22)/i2D,3D,5D2,6D,7D,8D. The second-order valence-electron chi connectivity index (χ2n) is 4.20. The first-order valence-electron chi connectivity index (χ1n) is 9.45. The van der Waals surface area contributed by atoms with E-state index in [0.717, 1.165) is 0 Å². The molecule has 1 heterocycles. The highest BCUT2D eigenvalue weighted by Crippen LogP contribution is 2.25. The van der Waals surface area contributed by atoms with Crippen molar-refractivity contribution < 1.29 is 29.4 Å². The van der Waals surface area contributed by atoms with Crippen LogP contribution in [0, 0.1) is 6.92 Å². The molecule has 1 aromatic carbocycles. The molecule has 0 amide bonds. The second kappa shape index (κ2) is 6.58. The Kier molecular flexibility index (Phi) is 2.66. The van der Waals surface area contributed by atoms with Crippen molar-refractivity contribution in [1.82, 2.24) is 0 Å². The number of hydrogen-bond acceptors (Lipinski definition) is 4. The summed E-state index contributed by atoms with van der Waals surface area (Å²) in [7, 11) is 0. The van der Waals surface area contributed by atoms with Crippen LogP contribution in [-0.2, 0) is 9.59 Å². The summed E-state index contributed by atoms with van der Waals surface area (Å²) in [5.41, 5.74) is -1.48. The molecule has 0 saturated carbocycles. The number of benzene rings is 1. The van der Waals surface area contributed by atoms with Crippen molar-refractivity contribution in [2.45, 2.75) is 19.7 Å². The number of dihydropyridines is 1. The highest BCUT2D eigenvalue weighted by atomic mass is 35.5. The first-order valence-corrected chi connectivity index (χ1v) is 6.33. The van der Waals surface area contributed by atoms with Crippen molar-refractivity contribution in [2.75, 3.05) is 0 Å². The van der Waals surface area contributed by atoms with Crippen molar-refractivity contribution in [3.8, 4) is 0 Å². The van der Waals surface area contributed by atoms with E-state index in [9.17, 15) is 14.7 Å². The molecule has 0 aliphatic carbocycles. The van der Waals surface area contributed by atoms with Crippen LogP contribution < -0.4 is 0 Å². The molecule has 0 radical (unpaired) electrons. The highest BCUT2D eigenvalue weighted by Gasteiger charge is 2.19. The molecule has 114 valence electrons. The molecule has 22 heavy (non-hydrogen) atoms. The third kappa shape index (κ3) is 3.62. The third-order valence-electron chi connectivity index (χ3n) is 2.63. The zero-order valence-corrected chi connectivity index (χ0v) is 12.0. The van der Waals surface area contributed by atoms with Gasteiger partial charge in [0, 0.05) is 25.9 Å². The van der Waals surface area contributed by atoms with Crippen LogP contribution in [0.2, 0.25) is 5.02 Å². The van der Waals surface area contributed by atoms with Gasteiger partial charge in [0.15, 0.2) is 0 Å². The minimum atomic E-state index is -2.91. The molecule has 5 nitrogen and oxygen atoms in total. The molecule has 1 aliphatic rings. The molecular formula is C16H14ClNO4. The van der Waals surface area contributed by atoms with Crippen molar-refractivity contribution in [3.63, 3.8) is 0 Å². The Morgan fingerprint density at radius 2 is 2.18 bits per heavy atom. The van der Waals surface area contributed by atoms with Crippen LogP contribution in [0.15, 0.2) is 40.6 Å². The minimum absolute atomic E-state index is 0.0239. The summed E-state index contributed by atoms with van der Waals surface area (Å²) in [6.07, 6.45) is -4.76. The average Bonchev–Trinajstić information content (AvgIpc) is 2.63. The number of ketones is 1. The Balaban J connectivity index is 2.68. The van der Waals surface area contributed by atoms with Crippen LogP contribution in [-0.4, -0.2) is 28.2 Å². The number of carboxylic acid groups (broad SMARTS) is 1. The summed E-state index contributed by atoms with van der Waals surface area (Å²) in [5.74, 6) is -4.14. The first kappa shape index (κ1) is 8.90. The van der Waals surface area contributed by atoms with Gasteiger partial charge in [-0.2, -0.15) is 0 Å². The van der Waals surface area contributed by atoms with E-state index in [-0.39, 0.29) is 17.2 Å².